The molecule has 0 aliphatic carbocycles. The molecule has 4 N–H and O–H groups in total. The van der Waals surface area contributed by atoms with Gasteiger partial charge >= 0.3 is 0 Å². The highest BCUT2D eigenvalue weighted by atomic mass is 14.9. The molecule has 52 valence electrons. The molecule has 3 heteroatoms. The van der Waals surface area contributed by atoms with E-state index >= 15 is 0 Å². The van der Waals surface area contributed by atoms with Gasteiger partial charge in [0.05, 0.1) is 0 Å². The highest BCUT2D eigenvalue weighted by molar-refractivity contribution is 5.60. The van der Waals surface area contributed by atoms with E-state index in [-0.39, 0.29) is 0 Å². The first-order chi connectivity index (χ1) is 4.16. The fourth-order valence-electron chi connectivity index (χ4n) is 0.278. The Bertz CT molecular complexity index is 124. The maximum atomic E-state index is 5.26. The maximum absolute atomic E-state index is 5.26. The summed E-state index contributed by atoms with van der Waals surface area (Å²) in [7, 11) is 0. The number of rotatable bonds is 2. The van der Waals surface area contributed by atoms with E-state index in [2.05, 4.69) is 4.99 Å². The van der Waals surface area contributed by atoms with E-state index in [0.717, 1.165) is 0 Å². The fourth-order valence-corrected chi connectivity index (χ4v) is 0.278. The van der Waals surface area contributed by atoms with E-state index in [1.54, 1.807) is 6.21 Å². The van der Waals surface area contributed by atoms with Gasteiger partial charge in [-0.2, -0.15) is 0 Å². The zero-order valence-corrected chi connectivity index (χ0v) is 5.83. The molecule has 0 amide bonds. The molecule has 0 aromatic carbocycles. The van der Waals surface area contributed by atoms with Crippen LogP contribution in [-0.4, -0.2) is 6.21 Å². The minimum atomic E-state index is 0.365. The highest BCUT2D eigenvalue weighted by Gasteiger charge is 1.83. The lowest BCUT2D eigenvalue weighted by atomic mass is 10.2. The summed E-state index contributed by atoms with van der Waals surface area (Å²) in [6.45, 7) is 4.04. The van der Waals surface area contributed by atoms with Crippen molar-refractivity contribution in [1.29, 1.82) is 0 Å². The van der Waals surface area contributed by atoms with Crippen LogP contribution in [-0.2, 0) is 0 Å². The molecule has 0 rings (SSSR count). The molecule has 0 heterocycles. The predicted molar refractivity (Wildman–Crippen MR) is 39.8 cm³/mol. The summed E-state index contributed by atoms with van der Waals surface area (Å²) in [5.74, 6) is 0.784. The lowest BCUT2D eigenvalue weighted by molar-refractivity contribution is 0.903. The van der Waals surface area contributed by atoms with Crippen LogP contribution in [0.5, 0.6) is 0 Å². The summed E-state index contributed by atoms with van der Waals surface area (Å²) in [5.41, 5.74) is 10.3. The molecule has 0 aromatic rings. The molecule has 9 heavy (non-hydrogen) atoms. The largest absolute Gasteiger partial charge is 0.402 e. The summed E-state index contributed by atoms with van der Waals surface area (Å²) in [6.07, 6.45) is 3.03. The normalized spacial score (nSPS) is 13.4. The van der Waals surface area contributed by atoms with Gasteiger partial charge in [0.2, 0.25) is 0 Å². The molecular weight excluding hydrogens is 114 g/mol. The van der Waals surface area contributed by atoms with Crippen molar-refractivity contribution in [1.82, 2.24) is 0 Å². The molecule has 0 bridgehead atoms. The van der Waals surface area contributed by atoms with Gasteiger partial charge in [-0.3, -0.25) is 0 Å². The summed E-state index contributed by atoms with van der Waals surface area (Å²) in [5, 5.41) is 0. The van der Waals surface area contributed by atoms with E-state index in [1.165, 1.54) is 6.20 Å². The van der Waals surface area contributed by atoms with E-state index in [4.69, 9.17) is 11.5 Å². The maximum Gasteiger partial charge on any atom is 0.138 e. The Kier molecular flexibility index (Phi) is 3.51. The number of hydrogen-bond donors (Lipinski definition) is 2. The Morgan fingerprint density at radius 2 is 2.11 bits per heavy atom. The summed E-state index contributed by atoms with van der Waals surface area (Å²) in [4.78, 5) is 3.83. The second kappa shape index (κ2) is 3.95. The van der Waals surface area contributed by atoms with Crippen molar-refractivity contribution in [2.45, 2.75) is 13.8 Å². The molecule has 0 fully saturated rings. The van der Waals surface area contributed by atoms with Gasteiger partial charge in [-0.1, -0.05) is 13.8 Å². The Balaban J connectivity index is 3.71. The molecule has 3 nitrogen and oxygen atoms in total. The van der Waals surface area contributed by atoms with Gasteiger partial charge in [-0.15, -0.1) is 0 Å². The molecular formula is C6H13N3. The van der Waals surface area contributed by atoms with Crippen LogP contribution in [0.3, 0.4) is 0 Å². The minimum absolute atomic E-state index is 0.365. The fraction of sp³-hybridized carbons (Fsp3) is 0.500. The van der Waals surface area contributed by atoms with Crippen LogP contribution in [0.1, 0.15) is 13.8 Å². The Hall–Kier alpha value is -0.990. The van der Waals surface area contributed by atoms with Crippen molar-refractivity contribution in [3.05, 3.63) is 12.0 Å². The molecule has 0 unspecified atom stereocenters. The van der Waals surface area contributed by atoms with Crippen molar-refractivity contribution >= 4 is 6.21 Å². The molecule has 0 atom stereocenters. The monoisotopic (exact) mass is 127 g/mol. The predicted octanol–water partition coefficient (Wildman–Crippen LogP) is 0.430. The van der Waals surface area contributed by atoms with Crippen molar-refractivity contribution in [2.24, 2.45) is 22.4 Å². The van der Waals surface area contributed by atoms with Crippen LogP contribution in [0.15, 0.2) is 17.0 Å². The summed E-state index contributed by atoms with van der Waals surface area (Å²) >= 11 is 0. The smallest absolute Gasteiger partial charge is 0.138 e. The second-order valence-corrected chi connectivity index (χ2v) is 2.11. The minimum Gasteiger partial charge on any atom is -0.402 e. The van der Waals surface area contributed by atoms with Crippen molar-refractivity contribution < 1.29 is 0 Å². The van der Waals surface area contributed by atoms with Gasteiger partial charge in [0, 0.05) is 12.4 Å². The standard InChI is InChI=1S/C6H13N3/c1-5(2)4-9-6(8)3-7/h3-5H,7-8H2,1-2H3/b6-3-,9-4+. The first-order valence-electron chi connectivity index (χ1n) is 2.88. The van der Waals surface area contributed by atoms with Gasteiger partial charge in [-0.05, 0) is 5.92 Å². The van der Waals surface area contributed by atoms with Gasteiger partial charge in [0.15, 0.2) is 0 Å². The molecule has 0 saturated carbocycles. The average molecular weight is 127 g/mol. The van der Waals surface area contributed by atoms with Crippen molar-refractivity contribution in [3.8, 4) is 0 Å². The molecule has 0 aliphatic rings. The van der Waals surface area contributed by atoms with E-state index in [0.29, 0.717) is 11.7 Å². The van der Waals surface area contributed by atoms with Gasteiger partial charge in [0.1, 0.15) is 5.82 Å². The van der Waals surface area contributed by atoms with E-state index in [9.17, 15) is 0 Å². The number of aliphatic imine (C=N–C) groups is 1. The second-order valence-electron chi connectivity index (χ2n) is 2.11. The number of nitrogens with two attached hydrogens (primary N) is 2. The van der Waals surface area contributed by atoms with Gasteiger partial charge < -0.3 is 11.5 Å². The van der Waals surface area contributed by atoms with Crippen LogP contribution in [0.25, 0.3) is 0 Å². The zero-order valence-electron chi connectivity index (χ0n) is 5.83. The molecule has 0 aromatic heterocycles. The Labute approximate surface area is 55.4 Å². The highest BCUT2D eigenvalue weighted by Crippen LogP contribution is 1.87. The van der Waals surface area contributed by atoms with E-state index in [1.807, 2.05) is 13.8 Å². The SMILES string of the molecule is CC(C)/C=N/C(N)=C\N. The molecule has 0 saturated heterocycles. The lowest BCUT2D eigenvalue weighted by Gasteiger charge is -1.92. The van der Waals surface area contributed by atoms with E-state index < -0.39 is 0 Å². The Morgan fingerprint density at radius 1 is 1.56 bits per heavy atom. The quantitative estimate of drug-likeness (QED) is 0.528. The third kappa shape index (κ3) is 4.87. The van der Waals surface area contributed by atoms with Gasteiger partial charge in [0.25, 0.3) is 0 Å². The zero-order chi connectivity index (χ0) is 7.28. The van der Waals surface area contributed by atoms with Crippen LogP contribution in [0.4, 0.5) is 0 Å². The third-order valence-corrected chi connectivity index (χ3v) is 0.693. The van der Waals surface area contributed by atoms with Crippen LogP contribution < -0.4 is 11.5 Å². The van der Waals surface area contributed by atoms with Crippen LogP contribution in [0.2, 0.25) is 0 Å². The first kappa shape index (κ1) is 8.01. The molecule has 0 spiro atoms. The van der Waals surface area contributed by atoms with Gasteiger partial charge in [-0.25, -0.2) is 4.99 Å². The molecule has 0 aliphatic heterocycles. The summed E-state index contributed by atoms with van der Waals surface area (Å²) < 4.78 is 0. The van der Waals surface area contributed by atoms with Crippen molar-refractivity contribution in [2.75, 3.05) is 0 Å². The topological polar surface area (TPSA) is 64.4 Å². The molecule has 0 radical (unpaired) electrons. The summed E-state index contributed by atoms with van der Waals surface area (Å²) in [6, 6.07) is 0. The number of hydrogen-bond acceptors (Lipinski definition) is 3. The first-order valence-corrected chi connectivity index (χ1v) is 2.88. The van der Waals surface area contributed by atoms with Crippen molar-refractivity contribution in [3.63, 3.8) is 0 Å². The third-order valence-electron chi connectivity index (χ3n) is 0.693. The average Bonchev–Trinajstić information content (AvgIpc) is 1.83. The lowest BCUT2D eigenvalue weighted by Crippen LogP contribution is -1.99. The number of nitrogens with zero attached hydrogens (tertiary/aromatic N) is 1. The van der Waals surface area contributed by atoms with Crippen LogP contribution >= 0.6 is 0 Å². The Morgan fingerprint density at radius 3 is 2.44 bits per heavy atom. The van der Waals surface area contributed by atoms with Crippen LogP contribution in [0, 0.1) is 5.92 Å².